The lowest BCUT2D eigenvalue weighted by Crippen LogP contribution is -2.38. The van der Waals surface area contributed by atoms with Gasteiger partial charge >= 0.3 is 12.1 Å². The third-order valence-corrected chi connectivity index (χ3v) is 4.43. The molecule has 6 heteroatoms. The van der Waals surface area contributed by atoms with Crippen molar-refractivity contribution in [3.05, 3.63) is 107 Å². The third-order valence-electron chi connectivity index (χ3n) is 4.18. The minimum Gasteiger partial charge on any atom is -0.191 e. The Bertz CT molecular complexity index is 959. The van der Waals surface area contributed by atoms with Crippen molar-refractivity contribution in [2.24, 2.45) is 0 Å². The number of hydrogen-bond acceptors (Lipinski definition) is 0. The number of benzene rings is 3. The van der Waals surface area contributed by atoms with E-state index in [1.165, 1.54) is 60.7 Å². The van der Waals surface area contributed by atoms with Crippen LogP contribution in [0.25, 0.3) is 11.1 Å². The van der Waals surface area contributed by atoms with Crippen LogP contribution >= 0.6 is 11.6 Å². The molecule has 0 radical (unpaired) electrons. The van der Waals surface area contributed by atoms with Crippen molar-refractivity contribution in [2.75, 3.05) is 0 Å². The SMILES string of the molecule is FC(F)(F)C(F)(F)/C(=C(\c1ccccc1)c1ccc(Cl)cc1)c1ccccc1. The molecule has 0 aromatic heterocycles. The van der Waals surface area contributed by atoms with E-state index in [9.17, 15) is 22.0 Å². The van der Waals surface area contributed by atoms with Crippen LogP contribution in [-0.4, -0.2) is 12.1 Å². The van der Waals surface area contributed by atoms with E-state index in [0.29, 0.717) is 5.02 Å². The van der Waals surface area contributed by atoms with Gasteiger partial charge in [-0.3, -0.25) is 0 Å². The van der Waals surface area contributed by atoms with Crippen molar-refractivity contribution >= 4 is 22.7 Å². The summed E-state index contributed by atoms with van der Waals surface area (Å²) in [6.07, 6.45) is -5.76. The van der Waals surface area contributed by atoms with E-state index in [-0.39, 0.29) is 22.3 Å². The monoisotopic (exact) mass is 408 g/mol. The van der Waals surface area contributed by atoms with E-state index in [0.717, 1.165) is 0 Å². The number of halogens is 6. The maximum atomic E-state index is 14.8. The molecule has 0 bridgehead atoms. The summed E-state index contributed by atoms with van der Waals surface area (Å²) in [5.74, 6) is -5.07. The average molecular weight is 409 g/mol. The molecule has 0 nitrogen and oxygen atoms in total. The first kappa shape index (κ1) is 20.1. The van der Waals surface area contributed by atoms with Crippen LogP contribution < -0.4 is 0 Å². The van der Waals surface area contributed by atoms with Crippen molar-refractivity contribution in [1.82, 2.24) is 0 Å². The van der Waals surface area contributed by atoms with Crippen molar-refractivity contribution in [3.63, 3.8) is 0 Å². The summed E-state index contributed by atoms with van der Waals surface area (Å²) in [6, 6.07) is 20.5. The number of alkyl halides is 5. The molecule has 28 heavy (non-hydrogen) atoms. The van der Waals surface area contributed by atoms with Gasteiger partial charge in [0.15, 0.2) is 0 Å². The molecule has 0 amide bonds. The lowest BCUT2D eigenvalue weighted by atomic mass is 9.86. The first-order chi connectivity index (χ1) is 13.2. The standard InChI is InChI=1S/C22H14ClF5/c23-18-13-11-16(12-14-18)19(15-7-3-1-4-8-15)20(17-9-5-2-6-10-17)21(24,25)22(26,27)28/h1-14H/b20-19+. The smallest absolute Gasteiger partial charge is 0.191 e. The molecule has 0 atom stereocenters. The summed E-state index contributed by atoms with van der Waals surface area (Å²) in [5.41, 5.74) is -1.07. The first-order valence-corrected chi connectivity index (χ1v) is 8.65. The molecule has 0 aliphatic carbocycles. The Morgan fingerprint density at radius 1 is 0.571 bits per heavy atom. The van der Waals surface area contributed by atoms with Crippen molar-refractivity contribution in [2.45, 2.75) is 12.1 Å². The Morgan fingerprint density at radius 3 is 1.46 bits per heavy atom. The molecule has 0 unspecified atom stereocenters. The second-order valence-electron chi connectivity index (χ2n) is 6.06. The molecule has 0 spiro atoms. The number of rotatable bonds is 4. The molecule has 0 fully saturated rings. The number of allylic oxidation sites excluding steroid dienone is 1. The summed E-state index contributed by atoms with van der Waals surface area (Å²) in [6.45, 7) is 0. The normalized spacial score (nSPS) is 13.2. The summed E-state index contributed by atoms with van der Waals surface area (Å²) in [7, 11) is 0. The molecule has 3 aromatic rings. The first-order valence-electron chi connectivity index (χ1n) is 8.28. The predicted molar refractivity (Wildman–Crippen MR) is 101 cm³/mol. The highest BCUT2D eigenvalue weighted by Gasteiger charge is 2.61. The van der Waals surface area contributed by atoms with E-state index in [1.807, 2.05) is 0 Å². The fraction of sp³-hybridized carbons (Fsp3) is 0.0909. The Morgan fingerprint density at radius 2 is 1.00 bits per heavy atom. The average Bonchev–Trinajstić information content (AvgIpc) is 2.67. The van der Waals surface area contributed by atoms with Crippen molar-refractivity contribution in [3.8, 4) is 0 Å². The topological polar surface area (TPSA) is 0 Å². The summed E-state index contributed by atoms with van der Waals surface area (Å²) < 4.78 is 69.8. The lowest BCUT2D eigenvalue weighted by molar-refractivity contribution is -0.253. The van der Waals surface area contributed by atoms with Gasteiger partial charge in [-0.15, -0.1) is 0 Å². The van der Waals surface area contributed by atoms with Gasteiger partial charge in [-0.05, 0) is 34.4 Å². The van der Waals surface area contributed by atoms with E-state index >= 15 is 0 Å². The molecule has 0 saturated heterocycles. The molecular weight excluding hydrogens is 395 g/mol. The second-order valence-corrected chi connectivity index (χ2v) is 6.50. The predicted octanol–water partition coefficient (Wildman–Crippen LogP) is 7.50. The summed E-state index contributed by atoms with van der Waals surface area (Å²) >= 11 is 5.88. The molecule has 0 N–H and O–H groups in total. The van der Waals surface area contributed by atoms with Crippen LogP contribution in [0.1, 0.15) is 16.7 Å². The van der Waals surface area contributed by atoms with Gasteiger partial charge in [-0.25, -0.2) is 0 Å². The van der Waals surface area contributed by atoms with Crippen LogP contribution in [0.2, 0.25) is 5.02 Å². The zero-order valence-electron chi connectivity index (χ0n) is 14.4. The molecule has 0 aliphatic heterocycles. The van der Waals surface area contributed by atoms with Crippen LogP contribution in [-0.2, 0) is 0 Å². The minimum atomic E-state index is -5.76. The minimum absolute atomic E-state index is 0.203. The van der Waals surface area contributed by atoms with E-state index < -0.39 is 17.7 Å². The maximum absolute atomic E-state index is 14.8. The molecule has 0 heterocycles. The van der Waals surface area contributed by atoms with Crippen LogP contribution in [0.15, 0.2) is 84.9 Å². The lowest BCUT2D eigenvalue weighted by Gasteiger charge is -2.26. The van der Waals surface area contributed by atoms with Gasteiger partial charge in [0, 0.05) is 10.6 Å². The van der Waals surface area contributed by atoms with Gasteiger partial charge in [0.2, 0.25) is 0 Å². The fourth-order valence-corrected chi connectivity index (χ4v) is 3.03. The molecule has 3 rings (SSSR count). The van der Waals surface area contributed by atoms with E-state index in [4.69, 9.17) is 11.6 Å². The molecule has 3 aromatic carbocycles. The van der Waals surface area contributed by atoms with Gasteiger partial charge in [-0.1, -0.05) is 84.4 Å². The van der Waals surface area contributed by atoms with Gasteiger partial charge in [-0.2, -0.15) is 22.0 Å². The zero-order chi connectivity index (χ0) is 20.4. The highest BCUT2D eigenvalue weighted by Crippen LogP contribution is 2.49. The van der Waals surface area contributed by atoms with Gasteiger partial charge in [0.25, 0.3) is 0 Å². The molecular formula is C22H14ClF5. The van der Waals surface area contributed by atoms with Crippen LogP contribution in [0.4, 0.5) is 22.0 Å². The fourth-order valence-electron chi connectivity index (χ4n) is 2.91. The van der Waals surface area contributed by atoms with Crippen LogP contribution in [0, 0.1) is 0 Å². The Hall–Kier alpha value is -2.66. The molecule has 0 aliphatic rings. The zero-order valence-corrected chi connectivity index (χ0v) is 15.1. The highest BCUT2D eigenvalue weighted by molar-refractivity contribution is 6.30. The van der Waals surface area contributed by atoms with Crippen LogP contribution in [0.5, 0.6) is 0 Å². The van der Waals surface area contributed by atoms with E-state index in [2.05, 4.69) is 0 Å². The number of hydrogen-bond donors (Lipinski definition) is 0. The third kappa shape index (κ3) is 3.94. The van der Waals surface area contributed by atoms with Gasteiger partial charge in [0.1, 0.15) is 0 Å². The van der Waals surface area contributed by atoms with E-state index in [1.54, 1.807) is 24.3 Å². The van der Waals surface area contributed by atoms with Crippen molar-refractivity contribution in [1.29, 1.82) is 0 Å². The summed E-state index contributed by atoms with van der Waals surface area (Å²) in [5, 5.41) is 0.347. The second kappa shape index (κ2) is 7.76. The van der Waals surface area contributed by atoms with Crippen molar-refractivity contribution < 1.29 is 22.0 Å². The van der Waals surface area contributed by atoms with Gasteiger partial charge < -0.3 is 0 Å². The van der Waals surface area contributed by atoms with Gasteiger partial charge in [0.05, 0.1) is 0 Å². The summed E-state index contributed by atoms with van der Waals surface area (Å²) in [4.78, 5) is 0. The largest absolute Gasteiger partial charge is 0.458 e. The Labute approximate surface area is 163 Å². The highest BCUT2D eigenvalue weighted by atomic mass is 35.5. The Balaban J connectivity index is 2.44. The molecule has 0 saturated carbocycles. The Kier molecular flexibility index (Phi) is 5.57. The quantitative estimate of drug-likeness (QED) is 0.310. The molecule has 144 valence electrons. The maximum Gasteiger partial charge on any atom is 0.458 e. The van der Waals surface area contributed by atoms with Crippen LogP contribution in [0.3, 0.4) is 0 Å².